The highest BCUT2D eigenvalue weighted by Gasteiger charge is 1.80. The van der Waals surface area contributed by atoms with Gasteiger partial charge in [0.1, 0.15) is 0 Å². The van der Waals surface area contributed by atoms with Crippen LogP contribution < -0.4 is 0 Å². The van der Waals surface area contributed by atoms with Crippen molar-refractivity contribution in [3.63, 3.8) is 0 Å². The SMILES string of the molecule is CC#CC#CCCC=CC=CC(=O)O. The zero-order chi connectivity index (χ0) is 10.6. The van der Waals surface area contributed by atoms with Crippen molar-refractivity contribution >= 4 is 5.97 Å². The topological polar surface area (TPSA) is 37.3 Å². The Morgan fingerprint density at radius 1 is 1.36 bits per heavy atom. The van der Waals surface area contributed by atoms with Gasteiger partial charge < -0.3 is 5.11 Å². The molecule has 1 N–H and O–H groups in total. The van der Waals surface area contributed by atoms with Crippen LogP contribution in [0.15, 0.2) is 24.3 Å². The van der Waals surface area contributed by atoms with Crippen LogP contribution in [0.25, 0.3) is 0 Å². The van der Waals surface area contributed by atoms with E-state index in [2.05, 4.69) is 23.7 Å². The molecule has 0 fully saturated rings. The third kappa shape index (κ3) is 10.1. The summed E-state index contributed by atoms with van der Waals surface area (Å²) in [6, 6.07) is 0. The Balaban J connectivity index is 3.59. The summed E-state index contributed by atoms with van der Waals surface area (Å²) < 4.78 is 0. The summed E-state index contributed by atoms with van der Waals surface area (Å²) in [6.07, 6.45) is 7.69. The Morgan fingerprint density at radius 3 is 2.79 bits per heavy atom. The van der Waals surface area contributed by atoms with Crippen LogP contribution in [0.4, 0.5) is 0 Å². The van der Waals surface area contributed by atoms with Gasteiger partial charge in [-0.1, -0.05) is 30.1 Å². The lowest BCUT2D eigenvalue weighted by Crippen LogP contribution is -1.84. The van der Waals surface area contributed by atoms with Crippen molar-refractivity contribution in [1.29, 1.82) is 0 Å². The maximum atomic E-state index is 10.0. The molecule has 0 saturated heterocycles. The van der Waals surface area contributed by atoms with Gasteiger partial charge in [-0.3, -0.25) is 0 Å². The quantitative estimate of drug-likeness (QED) is 0.317. The normalized spacial score (nSPS) is 9.21. The van der Waals surface area contributed by atoms with E-state index in [0.717, 1.165) is 18.9 Å². The van der Waals surface area contributed by atoms with Gasteiger partial charge >= 0.3 is 5.97 Å². The van der Waals surface area contributed by atoms with Crippen molar-refractivity contribution in [3.8, 4) is 23.7 Å². The molecule has 0 heterocycles. The molecule has 0 radical (unpaired) electrons. The van der Waals surface area contributed by atoms with Gasteiger partial charge in [0.2, 0.25) is 0 Å². The summed E-state index contributed by atoms with van der Waals surface area (Å²) in [5, 5.41) is 8.26. The summed E-state index contributed by atoms with van der Waals surface area (Å²) in [6.45, 7) is 1.74. The van der Waals surface area contributed by atoms with Gasteiger partial charge in [-0.05, 0) is 25.2 Å². The lowest BCUT2D eigenvalue weighted by atomic mass is 10.3. The van der Waals surface area contributed by atoms with Crippen LogP contribution in [0.1, 0.15) is 19.8 Å². The molecule has 0 rings (SSSR count). The fraction of sp³-hybridized carbons (Fsp3) is 0.250. The summed E-state index contributed by atoms with van der Waals surface area (Å²) in [5.41, 5.74) is 0. The average molecular weight is 188 g/mol. The average Bonchev–Trinajstić information content (AvgIpc) is 2.15. The van der Waals surface area contributed by atoms with Gasteiger partial charge in [0.25, 0.3) is 0 Å². The summed E-state index contributed by atoms with van der Waals surface area (Å²) in [5.74, 6) is 9.93. The van der Waals surface area contributed by atoms with E-state index in [1.807, 2.05) is 6.08 Å². The number of hydrogen-bond acceptors (Lipinski definition) is 1. The number of hydrogen-bond donors (Lipinski definition) is 1. The van der Waals surface area contributed by atoms with Crippen LogP contribution in [0, 0.1) is 23.7 Å². The van der Waals surface area contributed by atoms with Crippen molar-refractivity contribution in [1.82, 2.24) is 0 Å². The summed E-state index contributed by atoms with van der Waals surface area (Å²) in [7, 11) is 0. The smallest absolute Gasteiger partial charge is 0.328 e. The van der Waals surface area contributed by atoms with E-state index in [9.17, 15) is 4.79 Å². The Bertz CT molecular complexity index is 340. The molecule has 72 valence electrons. The molecule has 0 aliphatic carbocycles. The lowest BCUT2D eigenvalue weighted by Gasteiger charge is -1.80. The highest BCUT2D eigenvalue weighted by atomic mass is 16.4. The van der Waals surface area contributed by atoms with Crippen molar-refractivity contribution in [2.24, 2.45) is 0 Å². The second-order valence-corrected chi connectivity index (χ2v) is 2.34. The van der Waals surface area contributed by atoms with Crippen molar-refractivity contribution in [2.45, 2.75) is 19.8 Å². The van der Waals surface area contributed by atoms with Gasteiger partial charge in [0.15, 0.2) is 0 Å². The third-order valence-corrected chi connectivity index (χ3v) is 1.20. The second kappa shape index (κ2) is 9.16. The van der Waals surface area contributed by atoms with Crippen LogP contribution in [0.2, 0.25) is 0 Å². The van der Waals surface area contributed by atoms with Crippen LogP contribution in [-0.4, -0.2) is 11.1 Å². The number of carboxylic acid groups (broad SMARTS) is 1. The molecule has 0 saturated carbocycles. The van der Waals surface area contributed by atoms with E-state index in [0.29, 0.717) is 0 Å². The van der Waals surface area contributed by atoms with E-state index < -0.39 is 5.97 Å². The van der Waals surface area contributed by atoms with Gasteiger partial charge in [0.05, 0.1) is 0 Å². The monoisotopic (exact) mass is 188 g/mol. The number of carbonyl (C=O) groups is 1. The molecule has 0 bridgehead atoms. The molecule has 0 unspecified atom stereocenters. The zero-order valence-electron chi connectivity index (χ0n) is 8.08. The Labute approximate surface area is 84.3 Å². The Morgan fingerprint density at radius 2 is 2.14 bits per heavy atom. The first-order chi connectivity index (χ1) is 6.77. The minimum atomic E-state index is -0.937. The lowest BCUT2D eigenvalue weighted by molar-refractivity contribution is -0.131. The molecule has 0 aromatic rings. The molecule has 0 aromatic carbocycles. The van der Waals surface area contributed by atoms with Crippen molar-refractivity contribution in [3.05, 3.63) is 24.3 Å². The molecule has 0 aliphatic heterocycles. The maximum absolute atomic E-state index is 10.0. The zero-order valence-corrected chi connectivity index (χ0v) is 8.08. The number of allylic oxidation sites excluding steroid dienone is 3. The first-order valence-corrected chi connectivity index (χ1v) is 4.23. The number of rotatable bonds is 4. The number of unbranched alkanes of at least 4 members (excludes halogenated alkanes) is 1. The van der Waals surface area contributed by atoms with Crippen LogP contribution in [-0.2, 0) is 4.79 Å². The third-order valence-electron chi connectivity index (χ3n) is 1.20. The van der Waals surface area contributed by atoms with E-state index in [-0.39, 0.29) is 0 Å². The maximum Gasteiger partial charge on any atom is 0.328 e. The first-order valence-electron chi connectivity index (χ1n) is 4.23. The van der Waals surface area contributed by atoms with Crippen molar-refractivity contribution in [2.75, 3.05) is 0 Å². The Kier molecular flexibility index (Phi) is 7.90. The van der Waals surface area contributed by atoms with E-state index in [1.54, 1.807) is 13.0 Å². The highest BCUT2D eigenvalue weighted by Crippen LogP contribution is 1.89. The largest absolute Gasteiger partial charge is 0.478 e. The molecule has 2 heteroatoms. The van der Waals surface area contributed by atoms with Gasteiger partial charge in [-0.2, -0.15) is 0 Å². The minimum Gasteiger partial charge on any atom is -0.478 e. The van der Waals surface area contributed by atoms with Crippen LogP contribution >= 0.6 is 0 Å². The molecule has 0 spiro atoms. The summed E-state index contributed by atoms with van der Waals surface area (Å²) >= 11 is 0. The molecule has 0 aromatic heterocycles. The number of carboxylic acids is 1. The second-order valence-electron chi connectivity index (χ2n) is 2.34. The minimum absolute atomic E-state index is 0.742. The number of aliphatic carboxylic acids is 1. The standard InChI is InChI=1S/C12H12O2/c1-2-3-4-5-6-7-8-9-10-11-12(13)14/h8-11H,6-7H2,1H3,(H,13,14). The fourth-order valence-corrected chi connectivity index (χ4v) is 0.637. The van der Waals surface area contributed by atoms with E-state index in [4.69, 9.17) is 5.11 Å². The van der Waals surface area contributed by atoms with Gasteiger partial charge in [-0.15, -0.1) is 0 Å². The predicted octanol–water partition coefficient (Wildman–Crippen LogP) is 1.99. The Hall–Kier alpha value is -1.93. The van der Waals surface area contributed by atoms with E-state index >= 15 is 0 Å². The highest BCUT2D eigenvalue weighted by molar-refractivity contribution is 5.80. The molecule has 0 amide bonds. The molecule has 0 atom stereocenters. The van der Waals surface area contributed by atoms with Gasteiger partial charge in [-0.25, -0.2) is 4.79 Å². The predicted molar refractivity (Wildman–Crippen MR) is 56.4 cm³/mol. The summed E-state index contributed by atoms with van der Waals surface area (Å²) in [4.78, 5) is 10.0. The van der Waals surface area contributed by atoms with Crippen molar-refractivity contribution < 1.29 is 9.90 Å². The van der Waals surface area contributed by atoms with E-state index in [1.165, 1.54) is 6.08 Å². The van der Waals surface area contributed by atoms with Gasteiger partial charge in [0, 0.05) is 12.5 Å². The van der Waals surface area contributed by atoms with Crippen LogP contribution in [0.5, 0.6) is 0 Å². The molecule has 14 heavy (non-hydrogen) atoms. The molecule has 2 nitrogen and oxygen atoms in total. The molecule has 0 aliphatic rings. The first kappa shape index (κ1) is 12.1. The fourth-order valence-electron chi connectivity index (χ4n) is 0.637. The van der Waals surface area contributed by atoms with Crippen LogP contribution in [0.3, 0.4) is 0 Å². The molecular formula is C12H12O2. The molecular weight excluding hydrogens is 176 g/mol.